The summed E-state index contributed by atoms with van der Waals surface area (Å²) >= 11 is 0. The molecule has 1 saturated carbocycles. The molecule has 0 heterocycles. The molecule has 1 aliphatic carbocycles. The Balaban J connectivity index is 2.14. The SMILES string of the molecule is CC(CO)(Nc1ccccc1F)C1CCCCC1. The summed E-state index contributed by atoms with van der Waals surface area (Å²) in [6.07, 6.45) is 5.91. The highest BCUT2D eigenvalue weighted by Gasteiger charge is 2.34. The highest BCUT2D eigenvalue weighted by atomic mass is 19.1. The van der Waals surface area contributed by atoms with Gasteiger partial charge in [0.25, 0.3) is 0 Å². The summed E-state index contributed by atoms with van der Waals surface area (Å²) in [5.41, 5.74) is 0.0578. The van der Waals surface area contributed by atoms with E-state index in [0.29, 0.717) is 11.6 Å². The molecular weight excluding hydrogens is 229 g/mol. The normalized spacial score (nSPS) is 20.4. The number of hydrogen-bond acceptors (Lipinski definition) is 2. The molecule has 0 aromatic heterocycles. The summed E-state index contributed by atoms with van der Waals surface area (Å²) in [7, 11) is 0. The third-order valence-corrected chi connectivity index (χ3v) is 4.13. The molecule has 1 atom stereocenters. The molecule has 1 unspecified atom stereocenters. The summed E-state index contributed by atoms with van der Waals surface area (Å²) in [6, 6.07) is 6.66. The van der Waals surface area contributed by atoms with Crippen LogP contribution in [0.15, 0.2) is 24.3 Å². The predicted molar refractivity (Wildman–Crippen MR) is 72.1 cm³/mol. The lowest BCUT2D eigenvalue weighted by atomic mass is 9.76. The van der Waals surface area contributed by atoms with Crippen molar-refractivity contribution in [3.8, 4) is 0 Å². The van der Waals surface area contributed by atoms with Gasteiger partial charge >= 0.3 is 0 Å². The van der Waals surface area contributed by atoms with E-state index in [9.17, 15) is 9.50 Å². The second-order valence-corrected chi connectivity index (χ2v) is 5.52. The van der Waals surface area contributed by atoms with Gasteiger partial charge in [-0.05, 0) is 37.8 Å². The van der Waals surface area contributed by atoms with E-state index in [0.717, 1.165) is 12.8 Å². The van der Waals surface area contributed by atoms with Crippen molar-refractivity contribution in [2.45, 2.75) is 44.6 Å². The average Bonchev–Trinajstić information content (AvgIpc) is 2.42. The number of para-hydroxylation sites is 1. The molecule has 0 aliphatic heterocycles. The van der Waals surface area contributed by atoms with Gasteiger partial charge in [-0.15, -0.1) is 0 Å². The fourth-order valence-electron chi connectivity index (χ4n) is 2.88. The molecule has 0 amide bonds. The first kappa shape index (κ1) is 13.3. The van der Waals surface area contributed by atoms with Crippen LogP contribution in [-0.2, 0) is 0 Å². The highest BCUT2D eigenvalue weighted by molar-refractivity contribution is 5.47. The lowest BCUT2D eigenvalue weighted by Crippen LogP contribution is -2.47. The van der Waals surface area contributed by atoms with Gasteiger partial charge in [-0.3, -0.25) is 0 Å². The Morgan fingerprint density at radius 2 is 1.94 bits per heavy atom. The topological polar surface area (TPSA) is 32.3 Å². The van der Waals surface area contributed by atoms with Crippen molar-refractivity contribution >= 4 is 5.69 Å². The first-order valence-electron chi connectivity index (χ1n) is 6.79. The average molecular weight is 251 g/mol. The minimum Gasteiger partial charge on any atom is -0.394 e. The third-order valence-electron chi connectivity index (χ3n) is 4.13. The van der Waals surface area contributed by atoms with Crippen molar-refractivity contribution in [2.24, 2.45) is 5.92 Å². The van der Waals surface area contributed by atoms with Crippen molar-refractivity contribution in [2.75, 3.05) is 11.9 Å². The zero-order valence-electron chi connectivity index (χ0n) is 11.0. The molecule has 0 radical (unpaired) electrons. The maximum Gasteiger partial charge on any atom is 0.146 e. The number of aliphatic hydroxyl groups excluding tert-OH is 1. The van der Waals surface area contributed by atoms with Crippen molar-refractivity contribution in [1.29, 1.82) is 0 Å². The molecule has 1 aromatic carbocycles. The molecule has 1 fully saturated rings. The van der Waals surface area contributed by atoms with Crippen LogP contribution < -0.4 is 5.32 Å². The summed E-state index contributed by atoms with van der Waals surface area (Å²) in [4.78, 5) is 0. The molecule has 0 saturated heterocycles. The number of anilines is 1. The molecule has 1 aromatic rings. The predicted octanol–water partition coefficient (Wildman–Crippen LogP) is 3.57. The van der Waals surface area contributed by atoms with E-state index in [4.69, 9.17) is 0 Å². The van der Waals surface area contributed by atoms with E-state index in [1.807, 2.05) is 13.0 Å². The maximum atomic E-state index is 13.7. The lowest BCUT2D eigenvalue weighted by Gasteiger charge is -2.40. The maximum absolute atomic E-state index is 13.7. The van der Waals surface area contributed by atoms with Crippen LogP contribution in [0, 0.1) is 11.7 Å². The molecule has 2 rings (SSSR count). The number of halogens is 1. The van der Waals surface area contributed by atoms with Gasteiger partial charge in [-0.1, -0.05) is 31.4 Å². The van der Waals surface area contributed by atoms with E-state index in [2.05, 4.69) is 5.32 Å². The second-order valence-electron chi connectivity index (χ2n) is 5.52. The highest BCUT2D eigenvalue weighted by Crippen LogP contribution is 2.35. The molecule has 18 heavy (non-hydrogen) atoms. The van der Waals surface area contributed by atoms with Gasteiger partial charge < -0.3 is 10.4 Å². The largest absolute Gasteiger partial charge is 0.394 e. The molecule has 2 N–H and O–H groups in total. The Bertz CT molecular complexity index is 390. The number of benzene rings is 1. The van der Waals surface area contributed by atoms with Gasteiger partial charge in [-0.2, -0.15) is 0 Å². The van der Waals surface area contributed by atoms with Gasteiger partial charge in [-0.25, -0.2) is 4.39 Å². The summed E-state index contributed by atoms with van der Waals surface area (Å²) in [5.74, 6) is 0.156. The van der Waals surface area contributed by atoms with E-state index in [1.54, 1.807) is 12.1 Å². The Hall–Kier alpha value is -1.09. The van der Waals surface area contributed by atoms with Crippen LogP contribution in [0.4, 0.5) is 10.1 Å². The van der Waals surface area contributed by atoms with Crippen LogP contribution in [0.2, 0.25) is 0 Å². The number of aliphatic hydroxyl groups is 1. The molecule has 0 spiro atoms. The number of hydrogen-bond donors (Lipinski definition) is 2. The first-order chi connectivity index (χ1) is 8.65. The van der Waals surface area contributed by atoms with Crippen LogP contribution in [0.1, 0.15) is 39.0 Å². The van der Waals surface area contributed by atoms with Gasteiger partial charge in [0.15, 0.2) is 0 Å². The molecule has 1 aliphatic rings. The van der Waals surface area contributed by atoms with Gasteiger partial charge in [0.2, 0.25) is 0 Å². The first-order valence-corrected chi connectivity index (χ1v) is 6.79. The number of rotatable bonds is 4. The minimum atomic E-state index is -0.428. The van der Waals surface area contributed by atoms with Crippen molar-refractivity contribution in [3.05, 3.63) is 30.1 Å². The van der Waals surface area contributed by atoms with E-state index in [-0.39, 0.29) is 12.4 Å². The van der Waals surface area contributed by atoms with Gasteiger partial charge in [0, 0.05) is 0 Å². The molecule has 0 bridgehead atoms. The zero-order chi connectivity index (χ0) is 13.0. The molecule has 100 valence electrons. The van der Waals surface area contributed by atoms with Gasteiger partial charge in [0.05, 0.1) is 17.8 Å². The van der Waals surface area contributed by atoms with Crippen molar-refractivity contribution < 1.29 is 9.50 Å². The van der Waals surface area contributed by atoms with E-state index in [1.165, 1.54) is 25.3 Å². The van der Waals surface area contributed by atoms with Crippen molar-refractivity contribution in [3.63, 3.8) is 0 Å². The van der Waals surface area contributed by atoms with Crippen LogP contribution in [0.25, 0.3) is 0 Å². The second kappa shape index (κ2) is 5.70. The fourth-order valence-corrected chi connectivity index (χ4v) is 2.88. The smallest absolute Gasteiger partial charge is 0.146 e. The Kier molecular flexibility index (Phi) is 4.23. The molecule has 3 heteroatoms. The quantitative estimate of drug-likeness (QED) is 0.857. The van der Waals surface area contributed by atoms with Crippen LogP contribution in [-0.4, -0.2) is 17.3 Å². The van der Waals surface area contributed by atoms with Crippen molar-refractivity contribution in [1.82, 2.24) is 0 Å². The third kappa shape index (κ3) is 2.83. The van der Waals surface area contributed by atoms with E-state index >= 15 is 0 Å². The minimum absolute atomic E-state index is 0.0337. The zero-order valence-corrected chi connectivity index (χ0v) is 11.0. The Labute approximate surface area is 108 Å². The molecule has 2 nitrogen and oxygen atoms in total. The fraction of sp³-hybridized carbons (Fsp3) is 0.600. The Morgan fingerprint density at radius 1 is 1.28 bits per heavy atom. The van der Waals surface area contributed by atoms with Gasteiger partial charge in [0.1, 0.15) is 5.82 Å². The van der Waals surface area contributed by atoms with Crippen LogP contribution in [0.3, 0.4) is 0 Å². The van der Waals surface area contributed by atoms with Crippen LogP contribution >= 0.6 is 0 Å². The monoisotopic (exact) mass is 251 g/mol. The Morgan fingerprint density at radius 3 is 2.56 bits per heavy atom. The van der Waals surface area contributed by atoms with E-state index < -0.39 is 5.54 Å². The van der Waals surface area contributed by atoms with Crippen LogP contribution in [0.5, 0.6) is 0 Å². The number of nitrogens with one attached hydrogen (secondary N) is 1. The standard InChI is InChI=1S/C15H22FNO/c1-15(11-18,12-7-3-2-4-8-12)17-14-10-6-5-9-13(14)16/h5-6,9-10,12,17-18H,2-4,7-8,11H2,1H3. The molecular formula is C15H22FNO. The summed E-state index contributed by atoms with van der Waals surface area (Å²) < 4.78 is 13.7. The summed E-state index contributed by atoms with van der Waals surface area (Å²) in [5, 5.41) is 12.9. The lowest BCUT2D eigenvalue weighted by molar-refractivity contribution is 0.144. The summed E-state index contributed by atoms with van der Waals surface area (Å²) in [6.45, 7) is 2.03.